The third kappa shape index (κ3) is 1.31. The van der Waals surface area contributed by atoms with Gasteiger partial charge < -0.3 is 0 Å². The molecule has 0 aliphatic heterocycles. The molecule has 0 aliphatic carbocycles. The van der Waals surface area contributed by atoms with Crippen LogP contribution in [0, 0.1) is 0 Å². The molecule has 0 heterocycles. The van der Waals surface area contributed by atoms with E-state index in [1.165, 1.54) is 15.2 Å². The maximum atomic E-state index is 2.70. The molecule has 0 fully saturated rings. The average molecular weight is 154 g/mol. The van der Waals surface area contributed by atoms with E-state index in [2.05, 4.69) is 58.8 Å². The van der Waals surface area contributed by atoms with E-state index in [4.69, 9.17) is 0 Å². The summed E-state index contributed by atoms with van der Waals surface area (Å²) in [6.07, 6.45) is 0. The van der Waals surface area contributed by atoms with Crippen molar-refractivity contribution in [3.05, 3.63) is 42.5 Å². The van der Waals surface area contributed by atoms with Crippen LogP contribution < -0.4 is 4.43 Å². The molecule has 0 atom stereocenters. The number of fused-ring (bicyclic) bond motifs is 1. The third-order valence-corrected chi connectivity index (χ3v) is 2.13. The van der Waals surface area contributed by atoms with Crippen molar-refractivity contribution in [2.75, 3.05) is 0 Å². The average Bonchev–Trinajstić information content (AvgIpc) is 2.04. The molecule has 0 saturated heterocycles. The van der Waals surface area contributed by atoms with Crippen LogP contribution in [0.15, 0.2) is 42.5 Å². The zero-order valence-electron chi connectivity index (χ0n) is 6.12. The van der Waals surface area contributed by atoms with Gasteiger partial charge in [-0.15, -0.1) is 0 Å². The molecule has 0 bridgehead atoms. The van der Waals surface area contributed by atoms with Gasteiger partial charge in [-0.2, -0.15) is 0 Å². The van der Waals surface area contributed by atoms with Crippen molar-refractivity contribution in [3.63, 3.8) is 0 Å². The summed E-state index contributed by atoms with van der Waals surface area (Å²) in [5.74, 6) is 0. The van der Waals surface area contributed by atoms with E-state index in [0.29, 0.717) is 0 Å². The Balaban J connectivity index is 2.83. The monoisotopic (exact) mass is 154 g/mol. The Hall–Kier alpha value is -0.768. The SMILES string of the molecule is [Al+2][c]1ccc2ccccc2c1. The molecule has 0 amide bonds. The van der Waals surface area contributed by atoms with Gasteiger partial charge in [0.1, 0.15) is 0 Å². The van der Waals surface area contributed by atoms with Gasteiger partial charge in [-0.3, -0.25) is 0 Å². The Kier molecular flexibility index (Phi) is 1.69. The first-order valence-corrected chi connectivity index (χ1v) is 4.18. The predicted octanol–water partition coefficient (Wildman–Crippen LogP) is 1.63. The normalized spacial score (nSPS) is 10.4. The fourth-order valence-electron chi connectivity index (χ4n) is 1.21. The fraction of sp³-hybridized carbons (Fsp3) is 0. The van der Waals surface area contributed by atoms with Gasteiger partial charge in [-0.25, -0.2) is 0 Å². The van der Waals surface area contributed by atoms with Crippen LogP contribution in [-0.4, -0.2) is 16.3 Å². The van der Waals surface area contributed by atoms with Gasteiger partial charge in [-0.1, -0.05) is 0 Å². The summed E-state index contributed by atoms with van der Waals surface area (Å²) >= 11 is 2.70. The summed E-state index contributed by atoms with van der Waals surface area (Å²) in [6, 6.07) is 14.8. The summed E-state index contributed by atoms with van der Waals surface area (Å²) in [4.78, 5) is 0. The van der Waals surface area contributed by atoms with Gasteiger partial charge in [-0.05, 0) is 0 Å². The van der Waals surface area contributed by atoms with E-state index in [1.54, 1.807) is 0 Å². The Morgan fingerprint density at radius 3 is 2.36 bits per heavy atom. The molecule has 2 aromatic rings. The van der Waals surface area contributed by atoms with E-state index in [0.717, 1.165) is 0 Å². The van der Waals surface area contributed by atoms with Crippen molar-refractivity contribution in [1.82, 2.24) is 0 Å². The molecule has 2 rings (SSSR count). The minimum absolute atomic E-state index is 1.24. The predicted molar refractivity (Wildman–Crippen MR) is 49.3 cm³/mol. The molecule has 1 heteroatoms. The van der Waals surface area contributed by atoms with E-state index in [9.17, 15) is 0 Å². The van der Waals surface area contributed by atoms with Crippen LogP contribution in [-0.2, 0) is 0 Å². The molecule has 0 N–H and O–H groups in total. The Bertz CT molecular complexity index is 379. The molecule has 2 aromatic carbocycles. The Labute approximate surface area is 74.3 Å². The van der Waals surface area contributed by atoms with E-state index >= 15 is 0 Å². The molecule has 11 heavy (non-hydrogen) atoms. The van der Waals surface area contributed by atoms with Gasteiger partial charge in [0, 0.05) is 0 Å². The first kappa shape index (κ1) is 6.91. The molecule has 0 spiro atoms. The summed E-state index contributed by atoms with van der Waals surface area (Å²) < 4.78 is 1.24. The Morgan fingerprint density at radius 1 is 0.818 bits per heavy atom. The van der Waals surface area contributed by atoms with Gasteiger partial charge in [0.25, 0.3) is 0 Å². The molecule has 0 aromatic heterocycles. The topological polar surface area (TPSA) is 0 Å². The first-order chi connectivity index (χ1) is 5.36. The van der Waals surface area contributed by atoms with Crippen LogP contribution in [0.1, 0.15) is 0 Å². The van der Waals surface area contributed by atoms with Crippen molar-refractivity contribution >= 4 is 31.5 Å². The number of hydrogen-bond donors (Lipinski definition) is 0. The van der Waals surface area contributed by atoms with Crippen LogP contribution in [0.3, 0.4) is 0 Å². The second-order valence-electron chi connectivity index (χ2n) is 2.61. The summed E-state index contributed by atoms with van der Waals surface area (Å²) in [5, 5.41) is 2.61. The summed E-state index contributed by atoms with van der Waals surface area (Å²) in [6.45, 7) is 0. The molecule has 48 valence electrons. The van der Waals surface area contributed by atoms with Crippen molar-refractivity contribution in [1.29, 1.82) is 0 Å². The van der Waals surface area contributed by atoms with Crippen LogP contribution >= 0.6 is 0 Å². The van der Waals surface area contributed by atoms with Crippen LogP contribution in [0.4, 0.5) is 0 Å². The molecule has 0 radical (unpaired) electrons. The van der Waals surface area contributed by atoms with Crippen molar-refractivity contribution in [2.24, 2.45) is 0 Å². The second-order valence-corrected chi connectivity index (χ2v) is 3.27. The number of hydrogen-bond acceptors (Lipinski definition) is 0. The van der Waals surface area contributed by atoms with Gasteiger partial charge >= 0.3 is 74.0 Å². The molecule has 0 nitrogen and oxygen atoms in total. The van der Waals surface area contributed by atoms with Crippen molar-refractivity contribution < 1.29 is 0 Å². The molecular weight excluding hydrogens is 147 g/mol. The van der Waals surface area contributed by atoms with E-state index in [-0.39, 0.29) is 0 Å². The van der Waals surface area contributed by atoms with Gasteiger partial charge in [0.15, 0.2) is 0 Å². The van der Waals surface area contributed by atoms with Crippen molar-refractivity contribution in [2.45, 2.75) is 0 Å². The zero-order chi connectivity index (χ0) is 7.68. The molecule has 0 saturated carbocycles. The van der Waals surface area contributed by atoms with Crippen molar-refractivity contribution in [3.8, 4) is 0 Å². The van der Waals surface area contributed by atoms with E-state index in [1.807, 2.05) is 0 Å². The van der Waals surface area contributed by atoms with Gasteiger partial charge in [0.2, 0.25) is 0 Å². The third-order valence-electron chi connectivity index (χ3n) is 1.77. The minimum atomic E-state index is 1.24. The quantitative estimate of drug-likeness (QED) is 0.506. The summed E-state index contributed by atoms with van der Waals surface area (Å²) in [5.41, 5.74) is 0. The number of rotatable bonds is 0. The Morgan fingerprint density at radius 2 is 1.55 bits per heavy atom. The van der Waals surface area contributed by atoms with Crippen LogP contribution in [0.2, 0.25) is 0 Å². The first-order valence-electron chi connectivity index (χ1n) is 3.60. The molecule has 0 aliphatic rings. The van der Waals surface area contributed by atoms with Crippen LogP contribution in [0.5, 0.6) is 0 Å². The fourth-order valence-corrected chi connectivity index (χ4v) is 1.48. The number of benzene rings is 2. The summed E-state index contributed by atoms with van der Waals surface area (Å²) in [7, 11) is 0. The standard InChI is InChI=1S/C10H7.Al/c1-2-6-10-8-4-3-7-9(10)5-1;/h1-3,5-8H;/q;+2. The van der Waals surface area contributed by atoms with Crippen LogP contribution in [0.25, 0.3) is 10.8 Å². The zero-order valence-corrected chi connectivity index (χ0v) is 7.27. The maximum absolute atomic E-state index is 2.70. The molecular formula is C10H7Al+2. The molecule has 0 unspecified atom stereocenters. The van der Waals surface area contributed by atoms with Gasteiger partial charge in [0.05, 0.1) is 0 Å². The second kappa shape index (κ2) is 2.70. The van der Waals surface area contributed by atoms with E-state index < -0.39 is 0 Å².